The summed E-state index contributed by atoms with van der Waals surface area (Å²) >= 11 is 0. The lowest BCUT2D eigenvalue weighted by Gasteiger charge is -2.25. The second-order valence-electron chi connectivity index (χ2n) is 9.55. The summed E-state index contributed by atoms with van der Waals surface area (Å²) < 4.78 is 17.3. The van der Waals surface area contributed by atoms with Gasteiger partial charge in [-0.1, -0.05) is 26.7 Å². The Morgan fingerprint density at radius 3 is 2.63 bits per heavy atom. The SMILES string of the molecule is CCCCOC(C)(C)C(=O)N=C(N=CN)c1ccc(C(C)OC(CC)COC(=O)CC2CCC2)[nH]1. The Morgan fingerprint density at radius 1 is 1.29 bits per heavy atom. The highest BCUT2D eigenvalue weighted by Crippen LogP contribution is 2.29. The van der Waals surface area contributed by atoms with Crippen LogP contribution in [0.15, 0.2) is 22.1 Å². The van der Waals surface area contributed by atoms with Crippen molar-refractivity contribution >= 4 is 24.1 Å². The predicted molar refractivity (Wildman–Crippen MR) is 136 cm³/mol. The van der Waals surface area contributed by atoms with Gasteiger partial charge in [-0.3, -0.25) is 9.59 Å². The molecule has 196 valence electrons. The fourth-order valence-corrected chi connectivity index (χ4v) is 3.57. The van der Waals surface area contributed by atoms with E-state index in [1.807, 2.05) is 19.9 Å². The molecule has 0 aliphatic heterocycles. The lowest BCUT2D eigenvalue weighted by Crippen LogP contribution is -2.34. The van der Waals surface area contributed by atoms with Gasteiger partial charge in [0.15, 0.2) is 5.84 Å². The number of unbranched alkanes of at least 4 members (excludes halogenated alkanes) is 1. The maximum atomic E-state index is 12.8. The van der Waals surface area contributed by atoms with E-state index in [1.165, 1.54) is 6.42 Å². The highest BCUT2D eigenvalue weighted by Gasteiger charge is 2.29. The van der Waals surface area contributed by atoms with Crippen molar-refractivity contribution in [1.82, 2.24) is 4.98 Å². The van der Waals surface area contributed by atoms with Crippen LogP contribution >= 0.6 is 0 Å². The first-order chi connectivity index (χ1) is 16.7. The zero-order chi connectivity index (χ0) is 25.8. The van der Waals surface area contributed by atoms with E-state index in [1.54, 1.807) is 19.9 Å². The van der Waals surface area contributed by atoms with Crippen molar-refractivity contribution in [2.24, 2.45) is 21.6 Å². The highest BCUT2D eigenvalue weighted by molar-refractivity contribution is 6.08. The predicted octanol–water partition coefficient (Wildman–Crippen LogP) is 4.46. The number of hydrogen-bond donors (Lipinski definition) is 2. The molecule has 1 aliphatic rings. The standard InChI is InChI=1S/C26H42N4O5/c1-6-8-14-34-26(4,5)25(32)30-24(28-17-27)22-13-12-21(29-22)18(3)35-20(7-2)16-33-23(31)15-19-10-9-11-19/h12-13,17-20,29H,6-11,14-16H2,1-5H3,(H2,27,28,30,32). The van der Waals surface area contributed by atoms with Crippen molar-refractivity contribution in [1.29, 1.82) is 0 Å². The third-order valence-electron chi connectivity index (χ3n) is 6.23. The Labute approximate surface area is 208 Å². The maximum absolute atomic E-state index is 12.8. The molecule has 35 heavy (non-hydrogen) atoms. The molecule has 0 spiro atoms. The van der Waals surface area contributed by atoms with Gasteiger partial charge >= 0.3 is 5.97 Å². The van der Waals surface area contributed by atoms with Crippen molar-refractivity contribution in [3.63, 3.8) is 0 Å². The molecule has 1 amide bonds. The summed E-state index contributed by atoms with van der Waals surface area (Å²) in [5.41, 5.74) is 5.76. The van der Waals surface area contributed by atoms with Gasteiger partial charge < -0.3 is 24.9 Å². The number of carbonyl (C=O) groups is 2. The van der Waals surface area contributed by atoms with Crippen LogP contribution in [0.2, 0.25) is 0 Å². The van der Waals surface area contributed by atoms with E-state index in [0.29, 0.717) is 31.1 Å². The number of esters is 1. The van der Waals surface area contributed by atoms with Crippen molar-refractivity contribution in [2.45, 2.75) is 97.4 Å². The second kappa shape index (κ2) is 14.1. The second-order valence-corrected chi connectivity index (χ2v) is 9.55. The smallest absolute Gasteiger partial charge is 0.306 e. The van der Waals surface area contributed by atoms with Crippen LogP contribution in [0.4, 0.5) is 0 Å². The zero-order valence-electron chi connectivity index (χ0n) is 21.8. The summed E-state index contributed by atoms with van der Waals surface area (Å²) in [7, 11) is 0. The van der Waals surface area contributed by atoms with Crippen LogP contribution < -0.4 is 5.73 Å². The molecule has 3 N–H and O–H groups in total. The molecule has 1 fully saturated rings. The van der Waals surface area contributed by atoms with Gasteiger partial charge in [-0.25, -0.2) is 4.99 Å². The summed E-state index contributed by atoms with van der Waals surface area (Å²) in [6.07, 6.45) is 7.06. The third kappa shape index (κ3) is 9.22. The lowest BCUT2D eigenvalue weighted by molar-refractivity contribution is -0.151. The first-order valence-electron chi connectivity index (χ1n) is 12.7. The maximum Gasteiger partial charge on any atom is 0.306 e. The number of hydrogen-bond acceptors (Lipinski definition) is 5. The number of nitrogens with zero attached hydrogens (tertiary/aromatic N) is 2. The first kappa shape index (κ1) is 28.7. The van der Waals surface area contributed by atoms with Gasteiger partial charge in [0.2, 0.25) is 0 Å². The van der Waals surface area contributed by atoms with E-state index < -0.39 is 11.5 Å². The Bertz CT molecular complexity index is 873. The minimum absolute atomic E-state index is 0.154. The van der Waals surface area contributed by atoms with Crippen molar-refractivity contribution in [3.8, 4) is 0 Å². The molecular weight excluding hydrogens is 448 g/mol. The molecule has 0 saturated heterocycles. The number of H-pyrrole nitrogens is 1. The topological polar surface area (TPSA) is 128 Å². The number of amides is 1. The monoisotopic (exact) mass is 490 g/mol. The van der Waals surface area contributed by atoms with Gasteiger partial charge in [-0.2, -0.15) is 4.99 Å². The van der Waals surface area contributed by atoms with Gasteiger partial charge in [0.25, 0.3) is 5.91 Å². The van der Waals surface area contributed by atoms with E-state index in [0.717, 1.165) is 37.7 Å². The van der Waals surface area contributed by atoms with Crippen LogP contribution in [0, 0.1) is 5.92 Å². The number of carbonyl (C=O) groups excluding carboxylic acids is 2. The van der Waals surface area contributed by atoms with E-state index in [9.17, 15) is 9.59 Å². The number of ether oxygens (including phenoxy) is 3. The van der Waals surface area contributed by atoms with Crippen LogP contribution in [0.5, 0.6) is 0 Å². The Hall–Kier alpha value is -2.52. The number of nitrogens with one attached hydrogen (secondary N) is 1. The van der Waals surface area contributed by atoms with Crippen molar-refractivity contribution in [2.75, 3.05) is 13.2 Å². The minimum Gasteiger partial charge on any atom is -0.463 e. The van der Waals surface area contributed by atoms with Crippen LogP contribution in [0.25, 0.3) is 0 Å². The van der Waals surface area contributed by atoms with Crippen LogP contribution in [-0.4, -0.2) is 54.0 Å². The third-order valence-corrected chi connectivity index (χ3v) is 6.23. The van der Waals surface area contributed by atoms with Gasteiger partial charge in [0.1, 0.15) is 12.2 Å². The Morgan fingerprint density at radius 2 is 2.03 bits per heavy atom. The van der Waals surface area contributed by atoms with Gasteiger partial charge in [-0.15, -0.1) is 0 Å². The largest absolute Gasteiger partial charge is 0.463 e. The fraction of sp³-hybridized carbons (Fsp3) is 0.692. The Kier molecular flexibility index (Phi) is 11.6. The summed E-state index contributed by atoms with van der Waals surface area (Å²) in [5, 5.41) is 0. The summed E-state index contributed by atoms with van der Waals surface area (Å²) in [6, 6.07) is 3.63. The van der Waals surface area contributed by atoms with Crippen molar-refractivity contribution in [3.05, 3.63) is 23.5 Å². The molecule has 1 heterocycles. The van der Waals surface area contributed by atoms with Gasteiger partial charge in [0, 0.05) is 18.7 Å². The molecule has 2 atom stereocenters. The van der Waals surface area contributed by atoms with Gasteiger partial charge in [-0.05, 0) is 64.5 Å². The number of aliphatic imine (C=N–C) groups is 2. The van der Waals surface area contributed by atoms with E-state index in [4.69, 9.17) is 19.9 Å². The molecule has 1 saturated carbocycles. The molecule has 9 heteroatoms. The number of aromatic nitrogens is 1. The summed E-state index contributed by atoms with van der Waals surface area (Å²) in [6.45, 7) is 10.1. The molecule has 9 nitrogen and oxygen atoms in total. The van der Waals surface area contributed by atoms with Crippen molar-refractivity contribution < 1.29 is 23.8 Å². The molecule has 0 bridgehead atoms. The number of nitrogens with two attached hydrogens (primary N) is 1. The van der Waals surface area contributed by atoms with E-state index in [2.05, 4.69) is 21.9 Å². The molecule has 0 aromatic carbocycles. The first-order valence-corrected chi connectivity index (χ1v) is 12.7. The van der Waals surface area contributed by atoms with Gasteiger partial charge in [0.05, 0.1) is 24.2 Å². The molecule has 0 radical (unpaired) electrons. The van der Waals surface area contributed by atoms with E-state index in [-0.39, 0.29) is 30.6 Å². The molecule has 1 aromatic rings. The summed E-state index contributed by atoms with van der Waals surface area (Å²) in [5.74, 6) is 0.0509. The Balaban J connectivity index is 2.00. The number of amidine groups is 1. The average Bonchev–Trinajstić information content (AvgIpc) is 3.29. The molecule has 1 aromatic heterocycles. The zero-order valence-corrected chi connectivity index (χ0v) is 21.8. The van der Waals surface area contributed by atoms with Crippen LogP contribution in [0.3, 0.4) is 0 Å². The average molecular weight is 491 g/mol. The molecular formula is C26H42N4O5. The number of rotatable bonds is 14. The van der Waals surface area contributed by atoms with E-state index >= 15 is 0 Å². The molecule has 2 unspecified atom stereocenters. The quantitative estimate of drug-likeness (QED) is 0.171. The molecule has 1 aliphatic carbocycles. The van der Waals surface area contributed by atoms with Crippen LogP contribution in [-0.2, 0) is 23.8 Å². The fourth-order valence-electron chi connectivity index (χ4n) is 3.57. The molecule has 2 rings (SSSR count). The highest BCUT2D eigenvalue weighted by atomic mass is 16.6. The minimum atomic E-state index is -1.07. The van der Waals surface area contributed by atoms with Crippen LogP contribution in [0.1, 0.15) is 97.1 Å². The number of aromatic amines is 1. The lowest BCUT2D eigenvalue weighted by atomic mass is 9.83. The normalized spacial score (nSPS) is 16.8. The summed E-state index contributed by atoms with van der Waals surface area (Å²) in [4.78, 5) is 36.2.